The molecule has 0 bridgehead atoms. The SMILES string of the molecule is COc1ccc(NC(=O)N2CCC(NC(=O)c3cccnc3)CC2)cc1. The van der Waals surface area contributed by atoms with Gasteiger partial charge in [0.2, 0.25) is 0 Å². The predicted octanol–water partition coefficient (Wildman–Crippen LogP) is 2.52. The lowest BCUT2D eigenvalue weighted by atomic mass is 10.0. The molecule has 7 nitrogen and oxygen atoms in total. The molecule has 26 heavy (non-hydrogen) atoms. The van der Waals surface area contributed by atoms with Gasteiger partial charge >= 0.3 is 6.03 Å². The topological polar surface area (TPSA) is 83.6 Å². The van der Waals surface area contributed by atoms with Crippen LogP contribution in [0.1, 0.15) is 23.2 Å². The van der Waals surface area contributed by atoms with Crippen molar-refractivity contribution in [2.75, 3.05) is 25.5 Å². The van der Waals surface area contributed by atoms with Crippen LogP contribution in [-0.4, -0.2) is 48.1 Å². The molecular weight excluding hydrogens is 332 g/mol. The molecule has 1 saturated heterocycles. The van der Waals surface area contributed by atoms with Gasteiger partial charge in [0, 0.05) is 37.2 Å². The number of hydrogen-bond donors (Lipinski definition) is 2. The van der Waals surface area contributed by atoms with Gasteiger partial charge < -0.3 is 20.3 Å². The van der Waals surface area contributed by atoms with Gasteiger partial charge in [-0.2, -0.15) is 0 Å². The minimum absolute atomic E-state index is 0.0627. The number of pyridine rings is 1. The van der Waals surface area contributed by atoms with E-state index in [4.69, 9.17) is 4.74 Å². The van der Waals surface area contributed by atoms with Gasteiger partial charge in [0.15, 0.2) is 0 Å². The lowest BCUT2D eigenvalue weighted by Crippen LogP contribution is -2.47. The van der Waals surface area contributed by atoms with Crippen LogP contribution in [0.15, 0.2) is 48.8 Å². The molecular formula is C19H22N4O3. The number of hydrogen-bond acceptors (Lipinski definition) is 4. The number of ether oxygens (including phenoxy) is 1. The van der Waals surface area contributed by atoms with Crippen molar-refractivity contribution in [1.29, 1.82) is 0 Å². The first kappa shape index (κ1) is 17.7. The Labute approximate surface area is 152 Å². The molecule has 2 N–H and O–H groups in total. The maximum Gasteiger partial charge on any atom is 0.321 e. The Bertz CT molecular complexity index is 741. The van der Waals surface area contributed by atoms with Crippen molar-refractivity contribution in [1.82, 2.24) is 15.2 Å². The lowest BCUT2D eigenvalue weighted by Gasteiger charge is -2.32. The summed E-state index contributed by atoms with van der Waals surface area (Å²) in [6, 6.07) is 10.6. The van der Waals surface area contributed by atoms with Gasteiger partial charge in [-0.05, 0) is 49.2 Å². The average Bonchev–Trinajstić information content (AvgIpc) is 2.69. The largest absolute Gasteiger partial charge is 0.497 e. The Hall–Kier alpha value is -3.09. The van der Waals surface area contributed by atoms with Gasteiger partial charge in [0.25, 0.3) is 5.91 Å². The molecule has 1 aromatic carbocycles. The van der Waals surface area contributed by atoms with Crippen molar-refractivity contribution in [2.24, 2.45) is 0 Å². The van der Waals surface area contributed by atoms with Crippen LogP contribution >= 0.6 is 0 Å². The average molecular weight is 354 g/mol. The van der Waals surface area contributed by atoms with E-state index in [-0.39, 0.29) is 18.0 Å². The summed E-state index contributed by atoms with van der Waals surface area (Å²) in [7, 11) is 1.60. The van der Waals surface area contributed by atoms with Gasteiger partial charge in [-0.25, -0.2) is 4.79 Å². The zero-order valence-electron chi connectivity index (χ0n) is 14.6. The monoisotopic (exact) mass is 354 g/mol. The Balaban J connectivity index is 1.46. The second kappa shape index (κ2) is 8.33. The van der Waals surface area contributed by atoms with Crippen LogP contribution in [0.4, 0.5) is 10.5 Å². The molecule has 3 amide bonds. The Morgan fingerprint density at radius 1 is 1.15 bits per heavy atom. The van der Waals surface area contributed by atoms with Crippen molar-refractivity contribution in [3.63, 3.8) is 0 Å². The summed E-state index contributed by atoms with van der Waals surface area (Å²) in [4.78, 5) is 30.2. The first-order chi connectivity index (χ1) is 12.7. The number of anilines is 1. The van der Waals surface area contributed by atoms with Crippen LogP contribution in [0.2, 0.25) is 0 Å². The molecule has 1 aliphatic heterocycles. The van der Waals surface area contributed by atoms with Crippen molar-refractivity contribution >= 4 is 17.6 Å². The Morgan fingerprint density at radius 2 is 1.88 bits per heavy atom. The number of benzene rings is 1. The maximum absolute atomic E-state index is 12.4. The number of nitrogens with one attached hydrogen (secondary N) is 2. The molecule has 0 unspecified atom stereocenters. The van der Waals surface area contributed by atoms with Crippen LogP contribution < -0.4 is 15.4 Å². The lowest BCUT2D eigenvalue weighted by molar-refractivity contribution is 0.0919. The number of urea groups is 1. The van der Waals surface area contributed by atoms with Gasteiger partial charge in [-0.15, -0.1) is 0 Å². The van der Waals surface area contributed by atoms with E-state index in [1.165, 1.54) is 0 Å². The van der Waals surface area contributed by atoms with Gasteiger partial charge in [0.1, 0.15) is 5.75 Å². The fourth-order valence-corrected chi connectivity index (χ4v) is 2.87. The second-order valence-corrected chi connectivity index (χ2v) is 6.14. The molecule has 0 spiro atoms. The number of carbonyl (C=O) groups is 2. The van der Waals surface area contributed by atoms with Crippen molar-refractivity contribution in [2.45, 2.75) is 18.9 Å². The summed E-state index contributed by atoms with van der Waals surface area (Å²) in [6.07, 6.45) is 4.63. The molecule has 0 saturated carbocycles. The second-order valence-electron chi connectivity index (χ2n) is 6.14. The molecule has 2 aromatic rings. The maximum atomic E-state index is 12.4. The zero-order valence-corrected chi connectivity index (χ0v) is 14.6. The van der Waals surface area contributed by atoms with E-state index >= 15 is 0 Å². The number of carbonyl (C=O) groups excluding carboxylic acids is 2. The highest BCUT2D eigenvalue weighted by atomic mass is 16.5. The minimum atomic E-state index is -0.132. The van der Waals surface area contributed by atoms with E-state index < -0.39 is 0 Å². The first-order valence-corrected chi connectivity index (χ1v) is 8.56. The standard InChI is InChI=1S/C19H22N4O3/c1-26-17-6-4-15(5-7-17)22-19(25)23-11-8-16(9-12-23)21-18(24)14-3-2-10-20-13-14/h2-7,10,13,16H,8-9,11-12H2,1H3,(H,21,24)(H,22,25). The third-order valence-electron chi connectivity index (χ3n) is 4.38. The Kier molecular flexibility index (Phi) is 5.68. The predicted molar refractivity (Wildman–Crippen MR) is 98.3 cm³/mol. The van der Waals surface area contributed by atoms with Crippen LogP contribution in [0, 0.1) is 0 Å². The number of nitrogens with zero attached hydrogens (tertiary/aromatic N) is 2. The minimum Gasteiger partial charge on any atom is -0.497 e. The molecule has 1 fully saturated rings. The molecule has 3 rings (SSSR count). The van der Waals surface area contributed by atoms with E-state index in [1.807, 2.05) is 0 Å². The summed E-state index contributed by atoms with van der Waals surface area (Å²) >= 11 is 0. The van der Waals surface area contributed by atoms with Crippen LogP contribution in [0.3, 0.4) is 0 Å². The van der Waals surface area contributed by atoms with Gasteiger partial charge in [0.05, 0.1) is 12.7 Å². The third kappa shape index (κ3) is 4.50. The van der Waals surface area contributed by atoms with E-state index in [9.17, 15) is 9.59 Å². The Morgan fingerprint density at radius 3 is 2.50 bits per heavy atom. The molecule has 7 heteroatoms. The highest BCUT2D eigenvalue weighted by Gasteiger charge is 2.24. The number of aromatic nitrogens is 1. The van der Waals surface area contributed by atoms with Crippen LogP contribution in [-0.2, 0) is 0 Å². The summed E-state index contributed by atoms with van der Waals surface area (Å²) in [5.74, 6) is 0.618. The van der Waals surface area contributed by atoms with Crippen molar-refractivity contribution in [3.05, 3.63) is 54.4 Å². The van der Waals surface area contributed by atoms with Crippen molar-refractivity contribution < 1.29 is 14.3 Å². The zero-order chi connectivity index (χ0) is 18.4. The van der Waals surface area contributed by atoms with E-state index in [1.54, 1.807) is 60.8 Å². The summed E-state index contributed by atoms with van der Waals surface area (Å²) in [6.45, 7) is 1.19. The first-order valence-electron chi connectivity index (χ1n) is 8.56. The van der Waals surface area contributed by atoms with Gasteiger partial charge in [-0.1, -0.05) is 0 Å². The highest BCUT2D eigenvalue weighted by Crippen LogP contribution is 2.17. The van der Waals surface area contributed by atoms with E-state index in [0.717, 1.165) is 24.3 Å². The summed E-state index contributed by atoms with van der Waals surface area (Å²) in [5.41, 5.74) is 1.27. The fourth-order valence-electron chi connectivity index (χ4n) is 2.87. The summed E-state index contributed by atoms with van der Waals surface area (Å²) in [5, 5.41) is 5.89. The van der Waals surface area contributed by atoms with E-state index in [2.05, 4.69) is 15.6 Å². The molecule has 2 heterocycles. The van der Waals surface area contributed by atoms with Gasteiger partial charge in [-0.3, -0.25) is 9.78 Å². The van der Waals surface area contributed by atoms with Crippen molar-refractivity contribution in [3.8, 4) is 5.75 Å². The molecule has 0 radical (unpaired) electrons. The molecule has 136 valence electrons. The number of likely N-dealkylation sites (tertiary alicyclic amines) is 1. The third-order valence-corrected chi connectivity index (χ3v) is 4.38. The molecule has 1 aromatic heterocycles. The number of rotatable bonds is 4. The summed E-state index contributed by atoms with van der Waals surface area (Å²) < 4.78 is 5.10. The quantitative estimate of drug-likeness (QED) is 0.884. The molecule has 0 atom stereocenters. The fraction of sp³-hybridized carbons (Fsp3) is 0.316. The number of piperidine rings is 1. The van der Waals surface area contributed by atoms with Crippen LogP contribution in [0.5, 0.6) is 5.75 Å². The smallest absolute Gasteiger partial charge is 0.321 e. The molecule has 1 aliphatic rings. The number of amides is 3. The molecule has 0 aliphatic carbocycles. The van der Waals surface area contributed by atoms with Crippen LogP contribution in [0.25, 0.3) is 0 Å². The van der Waals surface area contributed by atoms with E-state index in [0.29, 0.717) is 18.7 Å². The normalized spacial score (nSPS) is 14.6. The highest BCUT2D eigenvalue weighted by molar-refractivity contribution is 5.94. The number of methoxy groups -OCH3 is 1.